The van der Waals surface area contributed by atoms with Crippen LogP contribution in [0.1, 0.15) is 20.8 Å². The normalized spacial score (nSPS) is 15.9. The fourth-order valence-electron chi connectivity index (χ4n) is 3.37. The van der Waals surface area contributed by atoms with Gasteiger partial charge in [0.05, 0.1) is 16.9 Å². The Kier molecular flexibility index (Phi) is 4.64. The number of fused-ring (bicyclic) bond motifs is 1. The van der Waals surface area contributed by atoms with Gasteiger partial charge in [0.1, 0.15) is 6.04 Å². The number of hydrogen-bond donors (Lipinski definition) is 2. The maximum absolute atomic E-state index is 12.8. The summed E-state index contributed by atoms with van der Waals surface area (Å²) in [7, 11) is 0. The van der Waals surface area contributed by atoms with E-state index >= 15 is 0 Å². The minimum Gasteiger partial charge on any atom is -0.478 e. The van der Waals surface area contributed by atoms with Gasteiger partial charge in [0.15, 0.2) is 0 Å². The predicted octanol–water partition coefficient (Wildman–Crippen LogP) is 4.02. The molecular formula is C21H18N2O3S. The molecule has 1 aliphatic rings. The van der Waals surface area contributed by atoms with Crippen LogP contribution in [0.5, 0.6) is 0 Å². The number of benzene rings is 2. The zero-order valence-electron chi connectivity index (χ0n) is 14.5. The third kappa shape index (κ3) is 3.57. The van der Waals surface area contributed by atoms with Crippen LogP contribution in [0.3, 0.4) is 0 Å². The minimum absolute atomic E-state index is 0.0449. The Labute approximate surface area is 160 Å². The number of anilines is 2. The van der Waals surface area contributed by atoms with Crippen LogP contribution in [0, 0.1) is 0 Å². The monoisotopic (exact) mass is 378 g/mol. The summed E-state index contributed by atoms with van der Waals surface area (Å²) in [5, 5.41) is 14.3. The number of para-hydroxylation sites is 2. The lowest BCUT2D eigenvalue weighted by Gasteiger charge is -2.38. The summed E-state index contributed by atoms with van der Waals surface area (Å²) in [5.74, 6) is -1.000. The molecule has 27 heavy (non-hydrogen) atoms. The fraction of sp³-hybridized carbons (Fsp3) is 0.143. The Morgan fingerprint density at radius 3 is 2.74 bits per heavy atom. The summed E-state index contributed by atoms with van der Waals surface area (Å²) >= 11 is 1.63. The van der Waals surface area contributed by atoms with Crippen LogP contribution >= 0.6 is 11.3 Å². The fourth-order valence-corrected chi connectivity index (χ4v) is 4.12. The summed E-state index contributed by atoms with van der Waals surface area (Å²) in [4.78, 5) is 27.3. The molecule has 2 heterocycles. The molecule has 0 spiro atoms. The standard InChI is InChI=1S/C21H18N2O3S/c24-20-19(12-16-7-4-10-27-16)23(18-9-2-1-8-17(18)22-20)13-14-5-3-6-15(11-14)21(25)26/h1-11,19H,12-13H2,(H,22,24)(H,25,26)/t19-/m1/s1. The highest BCUT2D eigenvalue weighted by molar-refractivity contribution is 7.09. The van der Waals surface area contributed by atoms with E-state index in [0.29, 0.717) is 13.0 Å². The van der Waals surface area contributed by atoms with Gasteiger partial charge in [0.25, 0.3) is 0 Å². The van der Waals surface area contributed by atoms with Crippen molar-refractivity contribution < 1.29 is 14.7 Å². The van der Waals surface area contributed by atoms with Crippen LogP contribution in [0.25, 0.3) is 0 Å². The SMILES string of the molecule is O=C(O)c1cccc(CN2c3ccccc3NC(=O)[C@H]2Cc2cccs2)c1. The molecule has 0 fully saturated rings. The van der Waals surface area contributed by atoms with Crippen LogP contribution in [-0.2, 0) is 17.8 Å². The number of nitrogens with zero attached hydrogens (tertiary/aromatic N) is 1. The second kappa shape index (κ2) is 7.25. The number of rotatable bonds is 5. The quantitative estimate of drug-likeness (QED) is 0.704. The number of hydrogen-bond acceptors (Lipinski definition) is 4. The Morgan fingerprint density at radius 2 is 1.96 bits per heavy atom. The lowest BCUT2D eigenvalue weighted by molar-refractivity contribution is -0.117. The Bertz CT molecular complexity index is 985. The molecule has 1 aromatic heterocycles. The second-order valence-electron chi connectivity index (χ2n) is 6.44. The van der Waals surface area contributed by atoms with Crippen molar-refractivity contribution in [3.63, 3.8) is 0 Å². The molecule has 1 aliphatic heterocycles. The maximum atomic E-state index is 12.8. The van der Waals surface area contributed by atoms with Gasteiger partial charge >= 0.3 is 5.97 Å². The molecule has 1 atom stereocenters. The molecule has 0 aliphatic carbocycles. The molecule has 2 N–H and O–H groups in total. The third-order valence-corrected chi connectivity index (χ3v) is 5.55. The zero-order valence-corrected chi connectivity index (χ0v) is 15.3. The van der Waals surface area contributed by atoms with Gasteiger partial charge in [0, 0.05) is 17.8 Å². The van der Waals surface area contributed by atoms with Crippen molar-refractivity contribution in [1.29, 1.82) is 0 Å². The first-order valence-electron chi connectivity index (χ1n) is 8.63. The number of carbonyl (C=O) groups excluding carboxylic acids is 1. The van der Waals surface area contributed by atoms with E-state index in [9.17, 15) is 14.7 Å². The van der Waals surface area contributed by atoms with Crippen molar-refractivity contribution >= 4 is 34.6 Å². The summed E-state index contributed by atoms with van der Waals surface area (Å²) in [6.07, 6.45) is 0.608. The van der Waals surface area contributed by atoms with Crippen molar-refractivity contribution in [2.75, 3.05) is 10.2 Å². The van der Waals surface area contributed by atoms with E-state index in [2.05, 4.69) is 10.2 Å². The molecule has 136 valence electrons. The van der Waals surface area contributed by atoms with Gasteiger partial charge in [-0.15, -0.1) is 11.3 Å². The van der Waals surface area contributed by atoms with Crippen molar-refractivity contribution in [1.82, 2.24) is 0 Å². The highest BCUT2D eigenvalue weighted by Crippen LogP contribution is 2.34. The number of aromatic carboxylic acids is 1. The molecule has 5 nitrogen and oxygen atoms in total. The largest absolute Gasteiger partial charge is 0.478 e. The van der Waals surface area contributed by atoms with Crippen molar-refractivity contribution in [2.24, 2.45) is 0 Å². The molecule has 6 heteroatoms. The highest BCUT2D eigenvalue weighted by Gasteiger charge is 2.33. The lowest BCUT2D eigenvalue weighted by atomic mass is 10.0. The predicted molar refractivity (Wildman–Crippen MR) is 106 cm³/mol. The van der Waals surface area contributed by atoms with Crippen LogP contribution in [0.15, 0.2) is 66.0 Å². The van der Waals surface area contributed by atoms with Crippen LogP contribution in [0.4, 0.5) is 11.4 Å². The Hall–Kier alpha value is -3.12. The molecule has 4 rings (SSSR count). The van der Waals surface area contributed by atoms with E-state index in [1.807, 2.05) is 47.8 Å². The molecular weight excluding hydrogens is 360 g/mol. The summed E-state index contributed by atoms with van der Waals surface area (Å²) in [5.41, 5.74) is 2.83. The first kappa shape index (κ1) is 17.3. The maximum Gasteiger partial charge on any atom is 0.335 e. The second-order valence-corrected chi connectivity index (χ2v) is 7.47. The first-order chi connectivity index (χ1) is 13.1. The number of nitrogens with one attached hydrogen (secondary N) is 1. The van der Waals surface area contributed by atoms with Gasteiger partial charge in [-0.1, -0.05) is 30.3 Å². The molecule has 0 radical (unpaired) electrons. The Balaban J connectivity index is 1.71. The summed E-state index contributed by atoms with van der Waals surface area (Å²) < 4.78 is 0. The molecule has 0 unspecified atom stereocenters. The van der Waals surface area contributed by atoms with E-state index in [4.69, 9.17) is 0 Å². The van der Waals surface area contributed by atoms with Gasteiger partial charge in [-0.25, -0.2) is 4.79 Å². The average molecular weight is 378 g/mol. The molecule has 1 amide bonds. The number of carboxylic acid groups (broad SMARTS) is 1. The third-order valence-electron chi connectivity index (χ3n) is 4.65. The van der Waals surface area contributed by atoms with E-state index in [-0.39, 0.29) is 17.5 Å². The van der Waals surface area contributed by atoms with Gasteiger partial charge in [-0.3, -0.25) is 4.79 Å². The van der Waals surface area contributed by atoms with E-state index in [1.54, 1.807) is 29.5 Å². The van der Waals surface area contributed by atoms with Gasteiger partial charge in [-0.05, 0) is 41.3 Å². The summed E-state index contributed by atoms with van der Waals surface area (Å²) in [6.45, 7) is 0.460. The molecule has 0 bridgehead atoms. The smallest absolute Gasteiger partial charge is 0.335 e. The van der Waals surface area contributed by atoms with Gasteiger partial charge in [-0.2, -0.15) is 0 Å². The average Bonchev–Trinajstić information content (AvgIpc) is 3.18. The molecule has 2 aromatic carbocycles. The van der Waals surface area contributed by atoms with Crippen molar-refractivity contribution in [3.8, 4) is 0 Å². The van der Waals surface area contributed by atoms with Crippen LogP contribution in [0.2, 0.25) is 0 Å². The van der Waals surface area contributed by atoms with Gasteiger partial charge in [0.2, 0.25) is 5.91 Å². The molecule has 3 aromatic rings. The molecule has 0 saturated carbocycles. The number of carbonyl (C=O) groups is 2. The highest BCUT2D eigenvalue weighted by atomic mass is 32.1. The van der Waals surface area contributed by atoms with E-state index in [1.165, 1.54) is 0 Å². The number of amides is 1. The van der Waals surface area contributed by atoms with E-state index < -0.39 is 5.97 Å². The lowest BCUT2D eigenvalue weighted by Crippen LogP contribution is -2.48. The van der Waals surface area contributed by atoms with Crippen molar-refractivity contribution in [3.05, 3.63) is 82.0 Å². The molecule has 0 saturated heterocycles. The van der Waals surface area contributed by atoms with E-state index in [0.717, 1.165) is 21.8 Å². The van der Waals surface area contributed by atoms with Crippen LogP contribution in [-0.4, -0.2) is 23.0 Å². The van der Waals surface area contributed by atoms with Crippen molar-refractivity contribution in [2.45, 2.75) is 19.0 Å². The topological polar surface area (TPSA) is 69.6 Å². The van der Waals surface area contributed by atoms with Crippen LogP contribution < -0.4 is 10.2 Å². The summed E-state index contributed by atoms with van der Waals surface area (Å²) in [6, 6.07) is 18.2. The number of thiophene rings is 1. The Morgan fingerprint density at radius 1 is 1.11 bits per heavy atom. The zero-order chi connectivity index (χ0) is 18.8. The minimum atomic E-state index is -0.955. The number of carboxylic acids is 1. The van der Waals surface area contributed by atoms with Gasteiger partial charge < -0.3 is 15.3 Å². The first-order valence-corrected chi connectivity index (χ1v) is 9.51.